The van der Waals surface area contributed by atoms with Crippen LogP contribution in [0.3, 0.4) is 0 Å². The average Bonchev–Trinajstić information content (AvgIpc) is 3.06. The van der Waals surface area contributed by atoms with Crippen LogP contribution in [-0.2, 0) is 15.8 Å². The first kappa shape index (κ1) is 24.1. The van der Waals surface area contributed by atoms with Crippen LogP contribution < -0.4 is 5.32 Å². The van der Waals surface area contributed by atoms with Gasteiger partial charge in [0, 0.05) is 30.5 Å². The van der Waals surface area contributed by atoms with E-state index in [-0.39, 0.29) is 34.3 Å². The minimum atomic E-state index is -4.54. The fourth-order valence-corrected chi connectivity index (χ4v) is 3.87. The fraction of sp³-hybridized carbons (Fsp3) is 0.500. The molecule has 174 valence electrons. The molecule has 2 amide bonds. The molecule has 32 heavy (non-hydrogen) atoms. The van der Waals surface area contributed by atoms with Gasteiger partial charge in [0.05, 0.1) is 22.0 Å². The van der Waals surface area contributed by atoms with Crippen LogP contribution in [0.2, 0.25) is 5.02 Å². The van der Waals surface area contributed by atoms with Crippen molar-refractivity contribution in [2.24, 2.45) is 11.3 Å². The summed E-state index contributed by atoms with van der Waals surface area (Å²) >= 11 is 6.15. The highest BCUT2D eigenvalue weighted by molar-refractivity contribution is 6.32. The average molecular weight is 471 g/mol. The number of anilines is 1. The van der Waals surface area contributed by atoms with Crippen LogP contribution in [0.15, 0.2) is 24.3 Å². The van der Waals surface area contributed by atoms with E-state index in [4.69, 9.17) is 11.6 Å². The molecule has 2 heterocycles. The van der Waals surface area contributed by atoms with Gasteiger partial charge in [-0.15, -0.1) is 0 Å². The van der Waals surface area contributed by atoms with E-state index in [1.54, 1.807) is 17.9 Å². The molecule has 6 nitrogen and oxygen atoms in total. The van der Waals surface area contributed by atoms with Crippen molar-refractivity contribution in [2.75, 3.05) is 18.4 Å². The van der Waals surface area contributed by atoms with Crippen molar-refractivity contribution in [3.8, 4) is 5.69 Å². The Hall–Kier alpha value is -2.55. The number of rotatable bonds is 3. The van der Waals surface area contributed by atoms with Gasteiger partial charge in [-0.3, -0.25) is 9.59 Å². The van der Waals surface area contributed by atoms with E-state index in [0.717, 1.165) is 18.2 Å². The summed E-state index contributed by atoms with van der Waals surface area (Å²) in [5.74, 6) is -0.303. The van der Waals surface area contributed by atoms with Crippen LogP contribution in [0.5, 0.6) is 0 Å². The normalized spacial score (nSPS) is 15.7. The largest absolute Gasteiger partial charge is 0.416 e. The lowest BCUT2D eigenvalue weighted by molar-refractivity contribution is -0.142. The number of hydrogen-bond acceptors (Lipinski definition) is 3. The molecule has 1 aromatic heterocycles. The number of halogens is 4. The van der Waals surface area contributed by atoms with Gasteiger partial charge in [-0.25, -0.2) is 4.68 Å². The second-order valence-electron chi connectivity index (χ2n) is 9.05. The highest BCUT2D eigenvalue weighted by Gasteiger charge is 2.33. The van der Waals surface area contributed by atoms with Crippen LogP contribution in [0, 0.1) is 18.3 Å². The van der Waals surface area contributed by atoms with Crippen molar-refractivity contribution in [3.05, 3.63) is 40.5 Å². The van der Waals surface area contributed by atoms with Gasteiger partial charge in [0.1, 0.15) is 5.82 Å². The molecule has 3 rings (SSSR count). The van der Waals surface area contributed by atoms with Crippen molar-refractivity contribution >= 4 is 29.2 Å². The van der Waals surface area contributed by atoms with Crippen LogP contribution in [0.1, 0.15) is 44.9 Å². The number of carbonyl (C=O) groups is 2. The van der Waals surface area contributed by atoms with E-state index in [1.807, 2.05) is 20.8 Å². The van der Waals surface area contributed by atoms with Crippen LogP contribution in [0.4, 0.5) is 19.0 Å². The van der Waals surface area contributed by atoms with Gasteiger partial charge in [0.2, 0.25) is 11.8 Å². The predicted octanol–water partition coefficient (Wildman–Crippen LogP) is 5.08. The van der Waals surface area contributed by atoms with Crippen LogP contribution in [0.25, 0.3) is 5.69 Å². The monoisotopic (exact) mass is 470 g/mol. The first-order chi connectivity index (χ1) is 14.8. The third kappa shape index (κ3) is 5.26. The van der Waals surface area contributed by atoms with Crippen LogP contribution >= 0.6 is 11.6 Å². The summed E-state index contributed by atoms with van der Waals surface area (Å²) in [5, 5.41) is 7.07. The van der Waals surface area contributed by atoms with Crippen molar-refractivity contribution in [1.82, 2.24) is 14.7 Å². The number of alkyl halides is 3. The number of benzene rings is 1. The van der Waals surface area contributed by atoms with Gasteiger partial charge in [0.25, 0.3) is 0 Å². The first-order valence-corrected chi connectivity index (χ1v) is 10.7. The molecule has 1 aromatic carbocycles. The van der Waals surface area contributed by atoms with Crippen molar-refractivity contribution in [3.63, 3.8) is 0 Å². The van der Waals surface area contributed by atoms with Crippen molar-refractivity contribution in [2.45, 2.75) is 46.7 Å². The second-order valence-corrected chi connectivity index (χ2v) is 9.46. The zero-order chi connectivity index (χ0) is 23.8. The highest BCUT2D eigenvalue weighted by Crippen LogP contribution is 2.34. The third-order valence-electron chi connectivity index (χ3n) is 5.38. The smallest absolute Gasteiger partial charge is 0.342 e. The number of nitrogens with zero attached hydrogens (tertiary/aromatic N) is 3. The third-order valence-corrected chi connectivity index (χ3v) is 5.70. The minimum absolute atomic E-state index is 0.0236. The molecule has 1 aliphatic heterocycles. The van der Waals surface area contributed by atoms with E-state index in [2.05, 4.69) is 10.4 Å². The Morgan fingerprint density at radius 3 is 2.31 bits per heavy atom. The molecule has 0 spiro atoms. The maximum absolute atomic E-state index is 13.2. The molecule has 0 radical (unpaired) electrons. The topological polar surface area (TPSA) is 67.2 Å². The number of aromatic nitrogens is 2. The quantitative estimate of drug-likeness (QED) is 0.680. The Labute approximate surface area is 189 Å². The van der Waals surface area contributed by atoms with Crippen molar-refractivity contribution in [1.29, 1.82) is 0 Å². The Balaban J connectivity index is 1.77. The summed E-state index contributed by atoms with van der Waals surface area (Å²) in [6.07, 6.45) is -3.53. The molecule has 1 N–H and O–H groups in total. The number of hydrogen-bond donors (Lipinski definition) is 1. The molecule has 1 aliphatic rings. The van der Waals surface area contributed by atoms with Crippen molar-refractivity contribution < 1.29 is 22.8 Å². The lowest BCUT2D eigenvalue weighted by Gasteiger charge is -2.35. The number of nitrogens with one attached hydrogen (secondary N) is 1. The summed E-state index contributed by atoms with van der Waals surface area (Å²) in [7, 11) is 0. The van der Waals surface area contributed by atoms with E-state index in [1.165, 1.54) is 4.68 Å². The Morgan fingerprint density at radius 2 is 1.75 bits per heavy atom. The zero-order valence-electron chi connectivity index (χ0n) is 18.4. The molecule has 1 saturated heterocycles. The molecule has 0 bridgehead atoms. The van der Waals surface area contributed by atoms with E-state index >= 15 is 0 Å². The summed E-state index contributed by atoms with van der Waals surface area (Å²) in [6, 6.07) is 4.53. The molecule has 1 fully saturated rings. The molecule has 0 unspecified atom stereocenters. The molecule has 0 aliphatic carbocycles. The van der Waals surface area contributed by atoms with Gasteiger partial charge in [0.15, 0.2) is 0 Å². The highest BCUT2D eigenvalue weighted by atomic mass is 35.5. The number of piperidine rings is 1. The number of carbonyl (C=O) groups excluding carboxylic acids is 2. The Morgan fingerprint density at radius 1 is 1.12 bits per heavy atom. The summed E-state index contributed by atoms with van der Waals surface area (Å²) in [6.45, 7) is 8.20. The summed E-state index contributed by atoms with van der Waals surface area (Å²) in [5.41, 5.74) is -0.809. The van der Waals surface area contributed by atoms with Gasteiger partial charge < -0.3 is 10.2 Å². The van der Waals surface area contributed by atoms with E-state index in [0.29, 0.717) is 31.6 Å². The molecular weight excluding hydrogens is 445 g/mol. The number of aryl methyl sites for hydroxylation is 1. The van der Waals surface area contributed by atoms with Gasteiger partial charge in [-0.2, -0.15) is 18.3 Å². The lowest BCUT2D eigenvalue weighted by atomic mass is 9.90. The second kappa shape index (κ2) is 8.77. The Kier molecular flexibility index (Phi) is 6.60. The van der Waals surface area contributed by atoms with E-state index < -0.39 is 17.2 Å². The first-order valence-electron chi connectivity index (χ1n) is 10.3. The molecule has 2 aromatic rings. The van der Waals surface area contributed by atoms with Gasteiger partial charge in [-0.05, 0) is 38.0 Å². The zero-order valence-corrected chi connectivity index (χ0v) is 19.1. The molecule has 0 saturated carbocycles. The predicted molar refractivity (Wildman–Crippen MR) is 116 cm³/mol. The molecule has 10 heteroatoms. The SMILES string of the molecule is Cc1cc(NC(=O)C2CCN(C(=O)C(C)(C)C)CC2)n(-c2cc(C(F)(F)F)ccc2Cl)n1. The van der Waals surface area contributed by atoms with Crippen LogP contribution in [-0.4, -0.2) is 39.6 Å². The maximum Gasteiger partial charge on any atom is 0.416 e. The summed E-state index contributed by atoms with van der Waals surface area (Å²) in [4.78, 5) is 27.1. The van der Waals surface area contributed by atoms with Gasteiger partial charge in [-0.1, -0.05) is 32.4 Å². The lowest BCUT2D eigenvalue weighted by Crippen LogP contribution is -2.45. The fourth-order valence-electron chi connectivity index (χ4n) is 3.67. The number of likely N-dealkylation sites (tertiary alicyclic amines) is 1. The number of amides is 2. The Bertz CT molecular complexity index is 1020. The van der Waals surface area contributed by atoms with Gasteiger partial charge >= 0.3 is 6.18 Å². The minimum Gasteiger partial charge on any atom is -0.342 e. The standard InChI is InChI=1S/C22H26ClF3N4O2/c1-13-11-18(30(28-13)17-12-15(22(24,25)26)5-6-16(17)23)27-19(31)14-7-9-29(10-8-14)20(32)21(2,3)4/h5-6,11-12,14H,7-10H2,1-4H3,(H,27,31). The molecule has 0 atom stereocenters. The maximum atomic E-state index is 13.2. The molecular formula is C22H26ClF3N4O2. The van der Waals surface area contributed by atoms with E-state index in [9.17, 15) is 22.8 Å². The summed E-state index contributed by atoms with van der Waals surface area (Å²) < 4.78 is 40.7.